The Kier molecular flexibility index (Phi) is 4.56. The summed E-state index contributed by atoms with van der Waals surface area (Å²) in [6.45, 7) is 8.26. The average Bonchev–Trinajstić information content (AvgIpc) is 3.05. The maximum atomic E-state index is 12.5. The fourth-order valence-corrected chi connectivity index (χ4v) is 2.96. The Morgan fingerprint density at radius 1 is 1.08 bits per heavy atom. The summed E-state index contributed by atoms with van der Waals surface area (Å²) in [6.07, 6.45) is 1.88. The lowest BCUT2D eigenvalue weighted by molar-refractivity contribution is 0.102. The first kappa shape index (κ1) is 16.1. The topological polar surface area (TPSA) is 48.1 Å². The molecule has 3 rings (SSSR count). The number of amides is 1. The lowest BCUT2D eigenvalue weighted by Crippen LogP contribution is -2.22. The Morgan fingerprint density at radius 2 is 1.88 bits per heavy atom. The minimum Gasteiger partial charge on any atom is -0.372 e. The zero-order valence-corrected chi connectivity index (χ0v) is 14.4. The Balaban J connectivity index is 1.80. The number of nitrogens with one attached hydrogen (secondary N) is 2. The third kappa shape index (κ3) is 3.13. The minimum atomic E-state index is -0.0863. The average molecular weight is 321 g/mol. The normalized spacial score (nSPS) is 10.8. The highest BCUT2D eigenvalue weighted by Gasteiger charge is 2.10. The number of anilines is 2. The van der Waals surface area contributed by atoms with Gasteiger partial charge in [0, 0.05) is 47.1 Å². The summed E-state index contributed by atoms with van der Waals surface area (Å²) in [5.41, 5.74) is 4.80. The summed E-state index contributed by atoms with van der Waals surface area (Å²) in [6, 6.07) is 13.8. The fourth-order valence-electron chi connectivity index (χ4n) is 2.96. The van der Waals surface area contributed by atoms with E-state index in [0.717, 1.165) is 35.2 Å². The molecule has 0 saturated heterocycles. The summed E-state index contributed by atoms with van der Waals surface area (Å²) >= 11 is 0. The van der Waals surface area contributed by atoms with Crippen molar-refractivity contribution < 1.29 is 4.79 Å². The second-order valence-corrected chi connectivity index (χ2v) is 5.91. The van der Waals surface area contributed by atoms with Crippen LogP contribution in [0.15, 0.2) is 48.7 Å². The molecule has 1 amide bonds. The van der Waals surface area contributed by atoms with Crippen LogP contribution in [-0.4, -0.2) is 24.0 Å². The van der Waals surface area contributed by atoms with Crippen LogP contribution in [0.2, 0.25) is 0 Å². The van der Waals surface area contributed by atoms with Crippen molar-refractivity contribution in [3.63, 3.8) is 0 Å². The van der Waals surface area contributed by atoms with Crippen molar-refractivity contribution >= 4 is 28.2 Å². The number of benzene rings is 2. The third-order valence-electron chi connectivity index (χ3n) is 4.40. The summed E-state index contributed by atoms with van der Waals surface area (Å²) in [5.74, 6) is -0.0863. The maximum Gasteiger partial charge on any atom is 0.255 e. The second-order valence-electron chi connectivity index (χ2n) is 5.91. The van der Waals surface area contributed by atoms with Crippen LogP contribution in [0, 0.1) is 6.92 Å². The van der Waals surface area contributed by atoms with Crippen LogP contribution in [0.5, 0.6) is 0 Å². The predicted octanol–water partition coefficient (Wildman–Crippen LogP) is 4.57. The highest BCUT2D eigenvalue weighted by atomic mass is 16.1. The fraction of sp³-hybridized carbons (Fsp3) is 0.250. The maximum absolute atomic E-state index is 12.5. The van der Waals surface area contributed by atoms with Crippen LogP contribution < -0.4 is 10.2 Å². The number of fused-ring (bicyclic) bond motifs is 1. The number of nitrogens with zero attached hydrogens (tertiary/aromatic N) is 1. The van der Waals surface area contributed by atoms with Gasteiger partial charge >= 0.3 is 0 Å². The molecule has 2 aromatic carbocycles. The van der Waals surface area contributed by atoms with E-state index in [4.69, 9.17) is 0 Å². The van der Waals surface area contributed by atoms with Gasteiger partial charge in [0.25, 0.3) is 5.91 Å². The van der Waals surface area contributed by atoms with Gasteiger partial charge in [-0.15, -0.1) is 0 Å². The minimum absolute atomic E-state index is 0.0863. The Hall–Kier alpha value is -2.75. The molecule has 0 unspecified atom stereocenters. The molecule has 0 atom stereocenters. The number of aryl methyl sites for hydroxylation is 1. The number of H-pyrrole nitrogens is 1. The molecule has 0 fully saturated rings. The van der Waals surface area contributed by atoms with Crippen LogP contribution in [0.3, 0.4) is 0 Å². The van der Waals surface area contributed by atoms with Crippen LogP contribution in [0.1, 0.15) is 29.8 Å². The molecule has 3 aromatic rings. The molecule has 0 aliphatic heterocycles. The number of carbonyl (C=O) groups excluding carboxylic acids is 1. The summed E-state index contributed by atoms with van der Waals surface area (Å²) in [4.78, 5) is 18.0. The van der Waals surface area contributed by atoms with Crippen molar-refractivity contribution in [2.24, 2.45) is 0 Å². The van der Waals surface area contributed by atoms with E-state index >= 15 is 0 Å². The Labute approximate surface area is 142 Å². The van der Waals surface area contributed by atoms with E-state index in [0.29, 0.717) is 5.56 Å². The van der Waals surface area contributed by atoms with Crippen molar-refractivity contribution in [1.82, 2.24) is 4.98 Å². The first-order valence-electron chi connectivity index (χ1n) is 8.36. The molecule has 0 bridgehead atoms. The van der Waals surface area contributed by atoms with Gasteiger partial charge in [0.1, 0.15) is 0 Å². The highest BCUT2D eigenvalue weighted by Crippen LogP contribution is 2.23. The van der Waals surface area contributed by atoms with Crippen LogP contribution >= 0.6 is 0 Å². The van der Waals surface area contributed by atoms with Crippen molar-refractivity contribution in [2.45, 2.75) is 20.8 Å². The van der Waals surface area contributed by atoms with E-state index in [1.54, 1.807) is 0 Å². The molecule has 2 N–H and O–H groups in total. The second kappa shape index (κ2) is 6.79. The molecule has 124 valence electrons. The molecule has 0 radical (unpaired) electrons. The third-order valence-corrected chi connectivity index (χ3v) is 4.40. The van der Waals surface area contributed by atoms with Crippen LogP contribution in [-0.2, 0) is 0 Å². The van der Waals surface area contributed by atoms with E-state index < -0.39 is 0 Å². The zero-order chi connectivity index (χ0) is 17.1. The Bertz CT molecular complexity index is 862. The quantitative estimate of drug-likeness (QED) is 0.723. The number of aromatic amines is 1. The van der Waals surface area contributed by atoms with Crippen LogP contribution in [0.25, 0.3) is 10.9 Å². The van der Waals surface area contributed by atoms with Crippen molar-refractivity contribution in [2.75, 3.05) is 23.3 Å². The first-order valence-corrected chi connectivity index (χ1v) is 8.36. The largest absolute Gasteiger partial charge is 0.372 e. The monoisotopic (exact) mass is 321 g/mol. The van der Waals surface area contributed by atoms with E-state index in [2.05, 4.69) is 41.2 Å². The molecule has 1 aromatic heterocycles. The molecule has 4 heteroatoms. The summed E-state index contributed by atoms with van der Waals surface area (Å²) in [5, 5.41) is 4.06. The van der Waals surface area contributed by atoms with E-state index in [1.165, 1.54) is 5.69 Å². The molecule has 0 aliphatic rings. The standard InChI is InChI=1S/C20H23N3O/c1-4-23(5-2)17-7-9-18(14(3)12-17)22-20(24)16-6-8-19-15(13-16)10-11-21-19/h6-13,21H,4-5H2,1-3H3,(H,22,24). The van der Waals surface area contributed by atoms with Gasteiger partial charge in [0.15, 0.2) is 0 Å². The van der Waals surface area contributed by atoms with Gasteiger partial charge in [-0.2, -0.15) is 0 Å². The molecule has 0 spiro atoms. The smallest absolute Gasteiger partial charge is 0.255 e. The van der Waals surface area contributed by atoms with Gasteiger partial charge in [-0.25, -0.2) is 0 Å². The summed E-state index contributed by atoms with van der Waals surface area (Å²) < 4.78 is 0. The zero-order valence-electron chi connectivity index (χ0n) is 14.4. The molecule has 0 aliphatic carbocycles. The first-order chi connectivity index (χ1) is 11.6. The van der Waals surface area contributed by atoms with Crippen molar-refractivity contribution in [3.8, 4) is 0 Å². The molecule has 24 heavy (non-hydrogen) atoms. The molecule has 0 saturated carbocycles. The van der Waals surface area contributed by atoms with Crippen molar-refractivity contribution in [1.29, 1.82) is 0 Å². The molecule has 1 heterocycles. The highest BCUT2D eigenvalue weighted by molar-refractivity contribution is 6.06. The van der Waals surface area contributed by atoms with Gasteiger partial charge in [-0.3, -0.25) is 4.79 Å². The number of aromatic nitrogens is 1. The molecular formula is C20H23N3O. The lowest BCUT2D eigenvalue weighted by Gasteiger charge is -2.22. The van der Waals surface area contributed by atoms with E-state index in [9.17, 15) is 4.79 Å². The predicted molar refractivity (Wildman–Crippen MR) is 101 cm³/mol. The van der Waals surface area contributed by atoms with E-state index in [1.807, 2.05) is 43.5 Å². The number of hydrogen-bond donors (Lipinski definition) is 2. The van der Waals surface area contributed by atoms with Gasteiger partial charge in [-0.1, -0.05) is 0 Å². The number of carbonyl (C=O) groups is 1. The number of hydrogen-bond acceptors (Lipinski definition) is 2. The summed E-state index contributed by atoms with van der Waals surface area (Å²) in [7, 11) is 0. The van der Waals surface area contributed by atoms with Crippen molar-refractivity contribution in [3.05, 3.63) is 59.8 Å². The van der Waals surface area contributed by atoms with Crippen LogP contribution in [0.4, 0.5) is 11.4 Å². The Morgan fingerprint density at radius 3 is 2.58 bits per heavy atom. The van der Waals surface area contributed by atoms with Gasteiger partial charge in [-0.05, 0) is 68.8 Å². The van der Waals surface area contributed by atoms with Gasteiger partial charge in [0.2, 0.25) is 0 Å². The lowest BCUT2D eigenvalue weighted by atomic mass is 10.1. The number of rotatable bonds is 5. The molecule has 4 nitrogen and oxygen atoms in total. The van der Waals surface area contributed by atoms with E-state index in [-0.39, 0.29) is 5.91 Å². The van der Waals surface area contributed by atoms with Gasteiger partial charge < -0.3 is 15.2 Å². The van der Waals surface area contributed by atoms with Gasteiger partial charge in [0.05, 0.1) is 0 Å². The molecular weight excluding hydrogens is 298 g/mol. The SMILES string of the molecule is CCN(CC)c1ccc(NC(=O)c2ccc3[nH]ccc3c2)c(C)c1.